The van der Waals surface area contributed by atoms with Crippen molar-refractivity contribution in [2.45, 2.75) is 9.79 Å². The van der Waals surface area contributed by atoms with Gasteiger partial charge in [0.05, 0.1) is 9.79 Å². The van der Waals surface area contributed by atoms with E-state index in [4.69, 9.17) is 0 Å². The number of rotatable bonds is 1. The van der Waals surface area contributed by atoms with E-state index < -0.39 is 9.84 Å². The Hall–Kier alpha value is -2.83. The SMILES string of the molecule is O=C1c2ccccc2S(=O)(=O)c2ccc(-c3ccc4sccc4c3F)cc21. The second kappa shape index (κ2) is 5.58. The van der Waals surface area contributed by atoms with Crippen molar-refractivity contribution in [1.29, 1.82) is 0 Å². The van der Waals surface area contributed by atoms with Crippen LogP contribution in [-0.4, -0.2) is 14.2 Å². The lowest BCUT2D eigenvalue weighted by atomic mass is 9.97. The van der Waals surface area contributed by atoms with Crippen LogP contribution in [-0.2, 0) is 9.84 Å². The van der Waals surface area contributed by atoms with Gasteiger partial charge in [-0.15, -0.1) is 11.3 Å². The Kier molecular flexibility index (Phi) is 3.38. The molecule has 0 spiro atoms. The van der Waals surface area contributed by atoms with E-state index in [1.54, 1.807) is 30.3 Å². The molecular formula is C21H11FO3S2. The Balaban J connectivity index is 1.76. The molecule has 27 heavy (non-hydrogen) atoms. The fourth-order valence-corrected chi connectivity index (χ4v) is 5.91. The number of halogens is 1. The average molecular weight is 394 g/mol. The number of sulfone groups is 1. The van der Waals surface area contributed by atoms with E-state index in [2.05, 4.69) is 0 Å². The highest BCUT2D eigenvalue weighted by atomic mass is 32.2. The first-order chi connectivity index (χ1) is 13.0. The van der Waals surface area contributed by atoms with Crippen LogP contribution in [0.15, 0.2) is 75.8 Å². The Morgan fingerprint density at radius 2 is 1.59 bits per heavy atom. The van der Waals surface area contributed by atoms with Gasteiger partial charge in [0, 0.05) is 26.8 Å². The lowest BCUT2D eigenvalue weighted by Gasteiger charge is -2.19. The van der Waals surface area contributed by atoms with Crippen LogP contribution < -0.4 is 0 Å². The molecular weight excluding hydrogens is 383 g/mol. The molecule has 132 valence electrons. The molecule has 0 unspecified atom stereocenters. The predicted octanol–water partition coefficient (Wildman–Crippen LogP) is 5.08. The second-order valence-electron chi connectivity index (χ2n) is 6.30. The van der Waals surface area contributed by atoms with Gasteiger partial charge in [0.2, 0.25) is 9.84 Å². The lowest BCUT2D eigenvalue weighted by Crippen LogP contribution is -2.20. The Morgan fingerprint density at radius 3 is 2.44 bits per heavy atom. The monoisotopic (exact) mass is 394 g/mol. The van der Waals surface area contributed by atoms with Crippen LogP contribution >= 0.6 is 11.3 Å². The van der Waals surface area contributed by atoms with E-state index in [0.717, 1.165) is 4.70 Å². The number of fused-ring (bicyclic) bond motifs is 3. The van der Waals surface area contributed by atoms with Gasteiger partial charge in [-0.2, -0.15) is 0 Å². The Morgan fingerprint density at radius 1 is 0.815 bits per heavy atom. The van der Waals surface area contributed by atoms with E-state index in [1.807, 2.05) is 11.4 Å². The summed E-state index contributed by atoms with van der Waals surface area (Å²) < 4.78 is 41.5. The quantitative estimate of drug-likeness (QED) is 0.398. The summed E-state index contributed by atoms with van der Waals surface area (Å²) in [4.78, 5) is 12.9. The highest BCUT2D eigenvalue weighted by Gasteiger charge is 2.34. The zero-order valence-corrected chi connectivity index (χ0v) is 15.4. The van der Waals surface area contributed by atoms with Crippen molar-refractivity contribution in [2.24, 2.45) is 0 Å². The van der Waals surface area contributed by atoms with Crippen molar-refractivity contribution in [2.75, 3.05) is 0 Å². The van der Waals surface area contributed by atoms with Gasteiger partial charge in [0.25, 0.3) is 0 Å². The fourth-order valence-electron chi connectivity index (χ4n) is 3.49. The molecule has 4 aromatic rings. The molecule has 0 saturated carbocycles. The maximum absolute atomic E-state index is 14.9. The van der Waals surface area contributed by atoms with Crippen LogP contribution in [0.2, 0.25) is 0 Å². The second-order valence-corrected chi connectivity index (χ2v) is 9.13. The summed E-state index contributed by atoms with van der Waals surface area (Å²) in [5, 5.41) is 2.33. The molecule has 6 heteroatoms. The highest BCUT2D eigenvalue weighted by molar-refractivity contribution is 7.91. The van der Waals surface area contributed by atoms with Crippen LogP contribution in [0.25, 0.3) is 21.2 Å². The van der Waals surface area contributed by atoms with Gasteiger partial charge in [-0.05, 0) is 53.4 Å². The van der Waals surface area contributed by atoms with Gasteiger partial charge in [0.1, 0.15) is 5.82 Å². The van der Waals surface area contributed by atoms with E-state index in [1.165, 1.54) is 35.6 Å². The molecule has 0 bridgehead atoms. The summed E-state index contributed by atoms with van der Waals surface area (Å²) in [6.07, 6.45) is 0. The van der Waals surface area contributed by atoms with Crippen LogP contribution in [0.4, 0.5) is 4.39 Å². The maximum Gasteiger partial charge on any atom is 0.208 e. The van der Waals surface area contributed by atoms with Gasteiger partial charge >= 0.3 is 0 Å². The van der Waals surface area contributed by atoms with Gasteiger partial charge in [-0.25, -0.2) is 12.8 Å². The molecule has 3 nitrogen and oxygen atoms in total. The van der Waals surface area contributed by atoms with Crippen molar-refractivity contribution in [3.63, 3.8) is 0 Å². The molecule has 1 aromatic heterocycles. The van der Waals surface area contributed by atoms with E-state index in [9.17, 15) is 17.6 Å². The van der Waals surface area contributed by atoms with E-state index in [-0.39, 0.29) is 32.5 Å². The third-order valence-corrected chi connectivity index (χ3v) is 7.57. The fraction of sp³-hybridized carbons (Fsp3) is 0. The summed E-state index contributed by atoms with van der Waals surface area (Å²) in [7, 11) is -3.78. The van der Waals surface area contributed by atoms with Crippen molar-refractivity contribution in [1.82, 2.24) is 0 Å². The largest absolute Gasteiger partial charge is 0.289 e. The molecule has 0 atom stereocenters. The first-order valence-electron chi connectivity index (χ1n) is 8.17. The molecule has 0 saturated heterocycles. The molecule has 0 N–H and O–H groups in total. The van der Waals surface area contributed by atoms with Crippen LogP contribution in [0.5, 0.6) is 0 Å². The van der Waals surface area contributed by atoms with Crippen molar-refractivity contribution in [3.8, 4) is 11.1 Å². The minimum atomic E-state index is -3.78. The summed E-state index contributed by atoms with van der Waals surface area (Å²) in [6.45, 7) is 0. The topological polar surface area (TPSA) is 51.2 Å². The molecule has 3 aromatic carbocycles. The first-order valence-corrected chi connectivity index (χ1v) is 10.5. The van der Waals surface area contributed by atoms with Gasteiger partial charge < -0.3 is 0 Å². The molecule has 0 aliphatic carbocycles. The smallest absolute Gasteiger partial charge is 0.208 e. The zero-order chi connectivity index (χ0) is 18.8. The first kappa shape index (κ1) is 16.4. The molecule has 1 aliphatic rings. The third kappa shape index (κ3) is 2.23. The Bertz CT molecular complexity index is 1370. The number of carbonyl (C=O) groups is 1. The standard InChI is InChI=1S/C21H11FO3S2/c22-20-13(6-7-17-14(20)9-10-26-17)12-5-8-19-16(11-12)21(23)15-3-1-2-4-18(15)27(19,24)25/h1-11H. The van der Waals surface area contributed by atoms with Gasteiger partial charge in [0.15, 0.2) is 5.78 Å². The van der Waals surface area contributed by atoms with Crippen molar-refractivity contribution in [3.05, 3.63) is 83.0 Å². The number of carbonyl (C=O) groups excluding carboxylic acids is 1. The van der Waals surface area contributed by atoms with E-state index in [0.29, 0.717) is 16.5 Å². The summed E-state index contributed by atoms with van der Waals surface area (Å²) in [5.41, 5.74) is 1.04. The molecule has 0 fully saturated rings. The normalized spacial score (nSPS) is 14.8. The Labute approximate surface area is 158 Å². The zero-order valence-electron chi connectivity index (χ0n) is 13.8. The minimum absolute atomic E-state index is 0.0149. The highest BCUT2D eigenvalue weighted by Crippen LogP contribution is 2.38. The lowest BCUT2D eigenvalue weighted by molar-refractivity contribution is 0.103. The summed E-state index contributed by atoms with van der Waals surface area (Å²) in [5.74, 6) is -0.741. The summed E-state index contributed by atoms with van der Waals surface area (Å²) >= 11 is 1.45. The number of benzene rings is 3. The number of hydrogen-bond donors (Lipinski definition) is 0. The van der Waals surface area contributed by atoms with Crippen molar-refractivity contribution < 1.29 is 17.6 Å². The molecule has 5 rings (SSSR count). The maximum atomic E-state index is 14.9. The van der Waals surface area contributed by atoms with Crippen LogP contribution in [0.3, 0.4) is 0 Å². The van der Waals surface area contributed by atoms with Gasteiger partial charge in [-0.3, -0.25) is 4.79 Å². The summed E-state index contributed by atoms with van der Waals surface area (Å²) in [6, 6.07) is 15.8. The van der Waals surface area contributed by atoms with Crippen LogP contribution in [0, 0.1) is 5.82 Å². The molecule has 2 heterocycles. The number of hydrogen-bond acceptors (Lipinski definition) is 4. The van der Waals surface area contributed by atoms with Gasteiger partial charge in [-0.1, -0.05) is 18.2 Å². The molecule has 1 aliphatic heterocycles. The number of ketones is 1. The average Bonchev–Trinajstić information content (AvgIpc) is 3.16. The van der Waals surface area contributed by atoms with E-state index >= 15 is 0 Å². The molecule has 0 amide bonds. The molecule has 0 radical (unpaired) electrons. The van der Waals surface area contributed by atoms with Crippen LogP contribution in [0.1, 0.15) is 15.9 Å². The van der Waals surface area contributed by atoms with Crippen molar-refractivity contribution >= 4 is 37.0 Å². The minimum Gasteiger partial charge on any atom is -0.289 e. The predicted molar refractivity (Wildman–Crippen MR) is 103 cm³/mol. The number of thiophene rings is 1. The third-order valence-electron chi connectivity index (χ3n) is 4.82.